The molecule has 3 nitrogen and oxygen atoms in total. The Bertz CT molecular complexity index is 531. The molecule has 0 aliphatic carbocycles. The quantitative estimate of drug-likeness (QED) is 0.919. The van der Waals surface area contributed by atoms with Crippen LogP contribution >= 0.6 is 11.5 Å². The number of nitrogens with zero attached hydrogens (tertiary/aromatic N) is 1. The Labute approximate surface area is 111 Å². The predicted molar refractivity (Wildman–Crippen MR) is 76.3 cm³/mol. The number of fused-ring (bicyclic) bond motifs is 1. The van der Waals surface area contributed by atoms with Crippen molar-refractivity contribution in [1.82, 2.24) is 4.37 Å². The summed E-state index contributed by atoms with van der Waals surface area (Å²) in [7, 11) is 0. The van der Waals surface area contributed by atoms with Crippen molar-refractivity contribution in [2.45, 2.75) is 19.8 Å². The topological polar surface area (TPSA) is 34.2 Å². The normalized spacial score (nSPS) is 18.9. The smallest absolute Gasteiger partial charge is 0.117 e. The molecule has 18 heavy (non-hydrogen) atoms. The van der Waals surface area contributed by atoms with Gasteiger partial charge in [0.15, 0.2) is 0 Å². The highest BCUT2D eigenvalue weighted by molar-refractivity contribution is 7.11. The summed E-state index contributed by atoms with van der Waals surface area (Å²) in [5.74, 6) is 0. The van der Waals surface area contributed by atoms with Crippen molar-refractivity contribution in [3.8, 4) is 0 Å². The molecular formula is C14H18N2OS. The van der Waals surface area contributed by atoms with E-state index in [0.29, 0.717) is 5.41 Å². The van der Waals surface area contributed by atoms with Crippen molar-refractivity contribution in [2.75, 3.05) is 25.1 Å². The van der Waals surface area contributed by atoms with E-state index in [-0.39, 0.29) is 0 Å². The molecule has 0 saturated carbocycles. The van der Waals surface area contributed by atoms with Crippen LogP contribution in [0.3, 0.4) is 0 Å². The van der Waals surface area contributed by atoms with Crippen molar-refractivity contribution in [3.63, 3.8) is 0 Å². The molecule has 96 valence electrons. The van der Waals surface area contributed by atoms with Crippen LogP contribution in [-0.2, 0) is 4.74 Å². The van der Waals surface area contributed by atoms with Crippen LogP contribution in [0, 0.1) is 5.41 Å². The minimum absolute atomic E-state index is 0.351. The molecule has 0 spiro atoms. The lowest BCUT2D eigenvalue weighted by atomic mass is 9.82. The lowest BCUT2D eigenvalue weighted by Crippen LogP contribution is -2.33. The van der Waals surface area contributed by atoms with Gasteiger partial charge < -0.3 is 10.1 Å². The second-order valence-corrected chi connectivity index (χ2v) is 6.08. The van der Waals surface area contributed by atoms with Crippen LogP contribution in [0.5, 0.6) is 0 Å². The van der Waals surface area contributed by atoms with Gasteiger partial charge in [-0.25, -0.2) is 0 Å². The maximum atomic E-state index is 5.43. The highest BCUT2D eigenvalue weighted by Gasteiger charge is 2.27. The van der Waals surface area contributed by atoms with Crippen molar-refractivity contribution < 1.29 is 4.74 Å². The van der Waals surface area contributed by atoms with Gasteiger partial charge in [-0.2, -0.15) is 4.37 Å². The molecule has 1 aromatic heterocycles. The Morgan fingerprint density at radius 1 is 1.33 bits per heavy atom. The van der Waals surface area contributed by atoms with Gasteiger partial charge in [0.05, 0.1) is 5.52 Å². The molecule has 1 fully saturated rings. The van der Waals surface area contributed by atoms with Gasteiger partial charge in [-0.15, -0.1) is 0 Å². The van der Waals surface area contributed by atoms with Gasteiger partial charge in [0.1, 0.15) is 5.00 Å². The number of ether oxygens (including phenoxy) is 1. The minimum atomic E-state index is 0.351. The predicted octanol–water partition coefficient (Wildman–Crippen LogP) is 3.52. The average Bonchev–Trinajstić information content (AvgIpc) is 2.81. The molecule has 1 N–H and O–H groups in total. The van der Waals surface area contributed by atoms with E-state index in [2.05, 4.69) is 34.8 Å². The van der Waals surface area contributed by atoms with Crippen LogP contribution in [-0.4, -0.2) is 24.1 Å². The van der Waals surface area contributed by atoms with Crippen molar-refractivity contribution in [3.05, 3.63) is 24.3 Å². The third-order valence-corrected chi connectivity index (χ3v) is 4.59. The molecule has 2 heterocycles. The summed E-state index contributed by atoms with van der Waals surface area (Å²) < 4.78 is 9.89. The van der Waals surface area contributed by atoms with Crippen molar-refractivity contribution in [2.24, 2.45) is 5.41 Å². The molecule has 4 heteroatoms. The van der Waals surface area contributed by atoms with Gasteiger partial charge in [-0.05, 0) is 41.9 Å². The van der Waals surface area contributed by atoms with E-state index in [1.54, 1.807) is 11.5 Å². The number of benzene rings is 1. The third kappa shape index (κ3) is 2.35. The molecular weight excluding hydrogens is 244 g/mol. The fraction of sp³-hybridized carbons (Fsp3) is 0.500. The zero-order valence-electron chi connectivity index (χ0n) is 10.6. The standard InChI is InChI=1S/C14H18N2OS/c1-14(6-8-17-9-7-14)10-15-13-11-4-2-3-5-12(11)16-18-13/h2-5,15H,6-10H2,1H3. The van der Waals surface area contributed by atoms with Gasteiger partial charge in [0, 0.05) is 25.1 Å². The van der Waals surface area contributed by atoms with Crippen LogP contribution in [0.25, 0.3) is 10.9 Å². The number of rotatable bonds is 3. The molecule has 0 atom stereocenters. The average molecular weight is 262 g/mol. The maximum Gasteiger partial charge on any atom is 0.117 e. The first-order valence-corrected chi connectivity index (χ1v) is 7.20. The Hall–Kier alpha value is -1.13. The first kappa shape index (κ1) is 11.9. The van der Waals surface area contributed by atoms with Crippen LogP contribution in [0.1, 0.15) is 19.8 Å². The van der Waals surface area contributed by atoms with E-state index in [0.717, 1.165) is 38.1 Å². The number of hydrogen-bond donors (Lipinski definition) is 1. The SMILES string of the molecule is CC1(CNc2snc3ccccc23)CCOCC1. The summed E-state index contributed by atoms with van der Waals surface area (Å²) in [6.07, 6.45) is 2.27. The molecule has 3 rings (SSSR count). The molecule has 1 aliphatic rings. The van der Waals surface area contributed by atoms with Gasteiger partial charge >= 0.3 is 0 Å². The third-order valence-electron chi connectivity index (χ3n) is 3.76. The lowest BCUT2D eigenvalue weighted by molar-refractivity contribution is 0.0300. The zero-order valence-corrected chi connectivity index (χ0v) is 11.4. The number of nitrogens with one attached hydrogen (secondary N) is 1. The van der Waals surface area contributed by atoms with Crippen LogP contribution in [0.2, 0.25) is 0 Å². The van der Waals surface area contributed by atoms with Crippen molar-refractivity contribution in [1.29, 1.82) is 0 Å². The Balaban J connectivity index is 1.73. The molecule has 1 aromatic carbocycles. The van der Waals surface area contributed by atoms with E-state index >= 15 is 0 Å². The molecule has 1 saturated heterocycles. The molecule has 0 unspecified atom stereocenters. The summed E-state index contributed by atoms with van der Waals surface area (Å²) in [5, 5.41) is 6.01. The second-order valence-electron chi connectivity index (χ2n) is 5.31. The first-order chi connectivity index (χ1) is 8.77. The van der Waals surface area contributed by atoms with Crippen molar-refractivity contribution >= 4 is 27.4 Å². The molecule has 2 aromatic rings. The van der Waals surface area contributed by atoms with E-state index in [1.807, 2.05) is 6.07 Å². The fourth-order valence-electron chi connectivity index (χ4n) is 2.35. The number of aromatic nitrogens is 1. The van der Waals surface area contributed by atoms with Crippen LogP contribution in [0.15, 0.2) is 24.3 Å². The summed E-state index contributed by atoms with van der Waals surface area (Å²) in [4.78, 5) is 0. The first-order valence-electron chi connectivity index (χ1n) is 6.43. The van der Waals surface area contributed by atoms with Gasteiger partial charge in [0.25, 0.3) is 0 Å². The minimum Gasteiger partial charge on any atom is -0.381 e. The van der Waals surface area contributed by atoms with E-state index in [4.69, 9.17) is 4.74 Å². The fourth-order valence-corrected chi connectivity index (χ4v) is 3.11. The van der Waals surface area contributed by atoms with E-state index in [9.17, 15) is 0 Å². The molecule has 1 aliphatic heterocycles. The summed E-state index contributed by atoms with van der Waals surface area (Å²) in [5.41, 5.74) is 1.44. The molecule has 0 amide bonds. The van der Waals surface area contributed by atoms with Crippen LogP contribution in [0.4, 0.5) is 5.00 Å². The maximum absolute atomic E-state index is 5.43. The van der Waals surface area contributed by atoms with E-state index < -0.39 is 0 Å². The van der Waals surface area contributed by atoms with E-state index in [1.165, 1.54) is 10.4 Å². The molecule has 0 radical (unpaired) electrons. The Kier molecular flexibility index (Phi) is 3.22. The second kappa shape index (κ2) is 4.86. The Morgan fingerprint density at radius 2 is 2.11 bits per heavy atom. The van der Waals surface area contributed by atoms with Gasteiger partial charge in [-0.3, -0.25) is 0 Å². The number of hydrogen-bond acceptors (Lipinski definition) is 4. The summed E-state index contributed by atoms with van der Waals surface area (Å²) >= 11 is 1.56. The largest absolute Gasteiger partial charge is 0.381 e. The van der Waals surface area contributed by atoms with Gasteiger partial charge in [-0.1, -0.05) is 19.1 Å². The number of anilines is 1. The van der Waals surface area contributed by atoms with Crippen LogP contribution < -0.4 is 5.32 Å². The summed E-state index contributed by atoms with van der Waals surface area (Å²) in [6.45, 7) is 5.12. The highest BCUT2D eigenvalue weighted by Crippen LogP contribution is 2.33. The monoisotopic (exact) mass is 262 g/mol. The zero-order chi connectivity index (χ0) is 12.4. The molecule has 0 bridgehead atoms. The highest BCUT2D eigenvalue weighted by atomic mass is 32.1. The Morgan fingerprint density at radius 3 is 2.94 bits per heavy atom. The lowest BCUT2D eigenvalue weighted by Gasteiger charge is -2.33. The van der Waals surface area contributed by atoms with Gasteiger partial charge in [0.2, 0.25) is 0 Å². The summed E-state index contributed by atoms with van der Waals surface area (Å²) in [6, 6.07) is 8.30.